The Morgan fingerprint density at radius 3 is 2.52 bits per heavy atom. The molecule has 0 radical (unpaired) electrons. The molecule has 3 heteroatoms. The summed E-state index contributed by atoms with van der Waals surface area (Å²) in [7, 11) is 0. The average molecular weight is 340 g/mol. The summed E-state index contributed by atoms with van der Waals surface area (Å²) >= 11 is 3.43. The minimum atomic E-state index is 0.555. The summed E-state index contributed by atoms with van der Waals surface area (Å²) in [4.78, 5) is 4.36. The largest absolute Gasteiger partial charge is 0.489 e. The van der Waals surface area contributed by atoms with E-state index >= 15 is 0 Å². The number of pyridine rings is 1. The van der Waals surface area contributed by atoms with Crippen LogP contribution >= 0.6 is 15.9 Å². The van der Waals surface area contributed by atoms with Gasteiger partial charge in [0.1, 0.15) is 12.4 Å². The van der Waals surface area contributed by atoms with Crippen molar-refractivity contribution in [2.45, 2.75) is 6.61 Å². The summed E-state index contributed by atoms with van der Waals surface area (Å²) < 4.78 is 6.92. The van der Waals surface area contributed by atoms with Gasteiger partial charge in [-0.2, -0.15) is 0 Å². The van der Waals surface area contributed by atoms with Crippen molar-refractivity contribution in [1.82, 2.24) is 4.98 Å². The summed E-state index contributed by atoms with van der Waals surface area (Å²) in [6.07, 6.45) is 1.80. The maximum Gasteiger partial charge on any atom is 0.120 e. The molecule has 2 nitrogen and oxygen atoms in total. The van der Waals surface area contributed by atoms with Crippen LogP contribution in [0, 0.1) is 0 Å². The fourth-order valence-electron chi connectivity index (χ4n) is 2.03. The second-order valence-corrected chi connectivity index (χ2v) is 5.57. The predicted octanol–water partition coefficient (Wildman–Crippen LogP) is 5.09. The van der Waals surface area contributed by atoms with Gasteiger partial charge in [-0.15, -0.1) is 0 Å². The highest BCUT2D eigenvalue weighted by molar-refractivity contribution is 9.10. The Balaban J connectivity index is 1.73. The van der Waals surface area contributed by atoms with Crippen LogP contribution in [0.2, 0.25) is 0 Å². The molecule has 0 saturated carbocycles. The van der Waals surface area contributed by atoms with Crippen molar-refractivity contribution >= 4 is 15.9 Å². The number of hydrogen-bond acceptors (Lipinski definition) is 2. The number of rotatable bonds is 4. The molecule has 2 aromatic carbocycles. The van der Waals surface area contributed by atoms with Gasteiger partial charge in [-0.3, -0.25) is 4.98 Å². The molecule has 3 rings (SSSR count). The van der Waals surface area contributed by atoms with Crippen LogP contribution in [-0.2, 0) is 6.61 Å². The normalized spacial score (nSPS) is 10.3. The number of halogens is 1. The molecule has 1 heterocycles. The molecule has 21 heavy (non-hydrogen) atoms. The first-order valence-corrected chi connectivity index (χ1v) is 7.49. The number of ether oxygens (including phenoxy) is 1. The Kier molecular flexibility index (Phi) is 4.31. The molecule has 104 valence electrons. The van der Waals surface area contributed by atoms with Crippen molar-refractivity contribution in [3.05, 3.63) is 83.0 Å². The quantitative estimate of drug-likeness (QED) is 0.660. The van der Waals surface area contributed by atoms with E-state index in [2.05, 4.69) is 20.9 Å². The molecule has 0 aliphatic rings. The monoisotopic (exact) mass is 339 g/mol. The summed E-state index contributed by atoms with van der Waals surface area (Å²) in [5, 5.41) is 0. The van der Waals surface area contributed by atoms with Gasteiger partial charge in [0.2, 0.25) is 0 Å². The average Bonchev–Trinajstić information content (AvgIpc) is 2.55. The van der Waals surface area contributed by atoms with Crippen molar-refractivity contribution in [2.24, 2.45) is 0 Å². The SMILES string of the molecule is Brc1ccc(COc2cccc(-c3ccccn3)c2)cc1. The van der Waals surface area contributed by atoms with Crippen LogP contribution in [0.15, 0.2) is 77.4 Å². The third kappa shape index (κ3) is 3.70. The van der Waals surface area contributed by atoms with E-state index in [1.54, 1.807) is 6.20 Å². The van der Waals surface area contributed by atoms with Gasteiger partial charge < -0.3 is 4.74 Å². The molecule has 0 saturated heterocycles. The zero-order valence-corrected chi connectivity index (χ0v) is 13.0. The van der Waals surface area contributed by atoms with Crippen molar-refractivity contribution in [1.29, 1.82) is 0 Å². The van der Waals surface area contributed by atoms with E-state index in [4.69, 9.17) is 4.74 Å². The minimum Gasteiger partial charge on any atom is -0.489 e. The minimum absolute atomic E-state index is 0.555. The molecule has 0 N–H and O–H groups in total. The van der Waals surface area contributed by atoms with Crippen LogP contribution in [0.1, 0.15) is 5.56 Å². The van der Waals surface area contributed by atoms with E-state index < -0.39 is 0 Å². The lowest BCUT2D eigenvalue weighted by atomic mass is 10.1. The number of benzene rings is 2. The van der Waals surface area contributed by atoms with Gasteiger partial charge in [-0.1, -0.05) is 46.3 Å². The van der Waals surface area contributed by atoms with E-state index in [9.17, 15) is 0 Å². The molecule has 0 aliphatic heterocycles. The van der Waals surface area contributed by atoms with Crippen LogP contribution in [0.4, 0.5) is 0 Å². The molecular formula is C18H14BrNO. The third-order valence-electron chi connectivity index (χ3n) is 3.11. The van der Waals surface area contributed by atoms with Gasteiger partial charge in [0.25, 0.3) is 0 Å². The van der Waals surface area contributed by atoms with Crippen LogP contribution in [-0.4, -0.2) is 4.98 Å². The molecule has 0 aliphatic carbocycles. The summed E-state index contributed by atoms with van der Waals surface area (Å²) in [5.74, 6) is 0.848. The van der Waals surface area contributed by atoms with Gasteiger partial charge in [0.15, 0.2) is 0 Å². The van der Waals surface area contributed by atoms with Crippen molar-refractivity contribution in [3.63, 3.8) is 0 Å². The second kappa shape index (κ2) is 6.55. The first-order chi connectivity index (χ1) is 10.3. The lowest BCUT2D eigenvalue weighted by molar-refractivity contribution is 0.306. The van der Waals surface area contributed by atoms with E-state index in [1.165, 1.54) is 0 Å². The van der Waals surface area contributed by atoms with E-state index in [0.717, 1.165) is 27.0 Å². The standard InChI is InChI=1S/C18H14BrNO/c19-16-9-7-14(8-10-16)13-21-17-5-3-4-15(12-17)18-6-1-2-11-20-18/h1-12H,13H2. The molecule has 0 spiro atoms. The van der Waals surface area contributed by atoms with Crippen LogP contribution in [0.5, 0.6) is 5.75 Å². The maximum absolute atomic E-state index is 5.85. The van der Waals surface area contributed by atoms with Gasteiger partial charge in [-0.25, -0.2) is 0 Å². The molecule has 3 aromatic rings. The fraction of sp³-hybridized carbons (Fsp3) is 0.0556. The molecule has 1 aromatic heterocycles. The molecule has 0 fully saturated rings. The van der Waals surface area contributed by atoms with Gasteiger partial charge in [0, 0.05) is 16.2 Å². The van der Waals surface area contributed by atoms with E-state index in [-0.39, 0.29) is 0 Å². The van der Waals surface area contributed by atoms with Gasteiger partial charge >= 0.3 is 0 Å². The molecular weight excluding hydrogens is 326 g/mol. The lowest BCUT2D eigenvalue weighted by Gasteiger charge is -2.08. The molecule has 0 atom stereocenters. The third-order valence-corrected chi connectivity index (χ3v) is 3.64. The smallest absolute Gasteiger partial charge is 0.120 e. The maximum atomic E-state index is 5.85. The number of hydrogen-bond donors (Lipinski definition) is 0. The lowest BCUT2D eigenvalue weighted by Crippen LogP contribution is -1.95. The highest BCUT2D eigenvalue weighted by Crippen LogP contribution is 2.22. The Morgan fingerprint density at radius 1 is 0.905 bits per heavy atom. The molecule has 0 amide bonds. The zero-order valence-electron chi connectivity index (χ0n) is 11.4. The highest BCUT2D eigenvalue weighted by atomic mass is 79.9. The van der Waals surface area contributed by atoms with Gasteiger partial charge in [-0.05, 0) is 42.0 Å². The van der Waals surface area contributed by atoms with Crippen molar-refractivity contribution in [3.8, 4) is 17.0 Å². The number of aromatic nitrogens is 1. The van der Waals surface area contributed by atoms with Crippen LogP contribution in [0.3, 0.4) is 0 Å². The Hall–Kier alpha value is -2.13. The summed E-state index contributed by atoms with van der Waals surface area (Å²) in [6.45, 7) is 0.555. The first kappa shape index (κ1) is 13.8. The Labute approximate surface area is 132 Å². The Morgan fingerprint density at radius 2 is 1.76 bits per heavy atom. The molecule has 0 bridgehead atoms. The van der Waals surface area contributed by atoms with Gasteiger partial charge in [0.05, 0.1) is 5.69 Å². The van der Waals surface area contributed by atoms with Crippen LogP contribution in [0.25, 0.3) is 11.3 Å². The topological polar surface area (TPSA) is 22.1 Å². The molecule has 0 unspecified atom stereocenters. The Bertz CT molecular complexity index is 711. The summed E-state index contributed by atoms with van der Waals surface area (Å²) in [5.41, 5.74) is 3.15. The zero-order chi connectivity index (χ0) is 14.5. The number of nitrogens with zero attached hydrogens (tertiary/aromatic N) is 1. The highest BCUT2D eigenvalue weighted by Gasteiger charge is 2.01. The fourth-order valence-corrected chi connectivity index (χ4v) is 2.29. The van der Waals surface area contributed by atoms with Crippen molar-refractivity contribution in [2.75, 3.05) is 0 Å². The van der Waals surface area contributed by atoms with Crippen LogP contribution < -0.4 is 4.74 Å². The van der Waals surface area contributed by atoms with Crippen molar-refractivity contribution < 1.29 is 4.74 Å². The van der Waals surface area contributed by atoms with E-state index in [1.807, 2.05) is 66.7 Å². The van der Waals surface area contributed by atoms with E-state index in [0.29, 0.717) is 6.61 Å². The first-order valence-electron chi connectivity index (χ1n) is 6.70. The predicted molar refractivity (Wildman–Crippen MR) is 88.1 cm³/mol. The summed E-state index contributed by atoms with van der Waals surface area (Å²) in [6, 6.07) is 22.0. The second-order valence-electron chi connectivity index (χ2n) is 4.66.